The van der Waals surface area contributed by atoms with Gasteiger partial charge in [0, 0.05) is 6.42 Å². The van der Waals surface area contributed by atoms with Crippen LogP contribution in [0.3, 0.4) is 0 Å². The molecule has 1 saturated heterocycles. The van der Waals surface area contributed by atoms with E-state index in [1.807, 2.05) is 18.2 Å². The molecule has 0 spiro atoms. The first kappa shape index (κ1) is 13.5. The Morgan fingerprint density at radius 1 is 1.06 bits per heavy atom. The van der Waals surface area contributed by atoms with Crippen molar-refractivity contribution in [2.75, 3.05) is 26.4 Å². The smallest absolute Gasteiger partial charge is 0.157 e. The fourth-order valence-corrected chi connectivity index (χ4v) is 1.96. The average molecular weight is 252 g/mol. The number of aliphatic hydroxyl groups is 2. The Balaban J connectivity index is 1.77. The van der Waals surface area contributed by atoms with Gasteiger partial charge in [0.15, 0.2) is 6.29 Å². The molecule has 1 aromatic rings. The van der Waals surface area contributed by atoms with E-state index in [0.717, 1.165) is 12.8 Å². The zero-order chi connectivity index (χ0) is 12.8. The molecule has 0 aliphatic carbocycles. The van der Waals surface area contributed by atoms with E-state index in [0.29, 0.717) is 13.2 Å². The maximum absolute atomic E-state index is 9.22. The third-order valence-corrected chi connectivity index (χ3v) is 3.33. The molecule has 1 fully saturated rings. The van der Waals surface area contributed by atoms with Crippen molar-refractivity contribution in [1.29, 1.82) is 0 Å². The first-order valence-corrected chi connectivity index (χ1v) is 6.27. The summed E-state index contributed by atoms with van der Waals surface area (Å²) >= 11 is 0. The lowest BCUT2D eigenvalue weighted by molar-refractivity contribution is -0.245. The number of rotatable bonds is 5. The quantitative estimate of drug-likeness (QED) is 0.819. The summed E-state index contributed by atoms with van der Waals surface area (Å²) in [5, 5.41) is 18.4. The van der Waals surface area contributed by atoms with Crippen molar-refractivity contribution < 1.29 is 19.7 Å². The van der Waals surface area contributed by atoms with Gasteiger partial charge in [-0.25, -0.2) is 0 Å². The van der Waals surface area contributed by atoms with Crippen molar-refractivity contribution >= 4 is 0 Å². The van der Waals surface area contributed by atoms with E-state index < -0.39 is 5.41 Å². The van der Waals surface area contributed by atoms with E-state index in [-0.39, 0.29) is 19.5 Å². The van der Waals surface area contributed by atoms with Crippen LogP contribution in [-0.2, 0) is 15.9 Å². The highest BCUT2D eigenvalue weighted by molar-refractivity contribution is 5.14. The van der Waals surface area contributed by atoms with E-state index in [2.05, 4.69) is 12.1 Å². The number of hydrogen-bond acceptors (Lipinski definition) is 4. The number of aryl methyl sites for hydroxylation is 1. The molecule has 0 amide bonds. The maximum Gasteiger partial charge on any atom is 0.157 e. The van der Waals surface area contributed by atoms with Gasteiger partial charge in [-0.1, -0.05) is 30.3 Å². The van der Waals surface area contributed by atoms with E-state index >= 15 is 0 Å². The van der Waals surface area contributed by atoms with Gasteiger partial charge in [0.25, 0.3) is 0 Å². The molecule has 0 unspecified atom stereocenters. The lowest BCUT2D eigenvalue weighted by Crippen LogP contribution is -2.46. The number of benzene rings is 1. The molecular weight excluding hydrogens is 232 g/mol. The summed E-state index contributed by atoms with van der Waals surface area (Å²) in [6.07, 6.45) is 1.45. The van der Waals surface area contributed by atoms with Gasteiger partial charge in [0.05, 0.1) is 31.8 Å². The second kappa shape index (κ2) is 6.29. The molecule has 0 atom stereocenters. The summed E-state index contributed by atoms with van der Waals surface area (Å²) in [5.74, 6) is 0. The normalized spacial score (nSPS) is 19.9. The Hall–Kier alpha value is -0.940. The molecular formula is C14H20O4. The van der Waals surface area contributed by atoms with Crippen molar-refractivity contribution in [2.24, 2.45) is 5.41 Å². The summed E-state index contributed by atoms with van der Waals surface area (Å²) in [7, 11) is 0. The first-order chi connectivity index (χ1) is 8.78. The van der Waals surface area contributed by atoms with Crippen molar-refractivity contribution in [3.8, 4) is 0 Å². The van der Waals surface area contributed by atoms with Crippen molar-refractivity contribution in [1.82, 2.24) is 0 Å². The van der Waals surface area contributed by atoms with Gasteiger partial charge in [0.1, 0.15) is 0 Å². The van der Waals surface area contributed by atoms with Crippen LogP contribution >= 0.6 is 0 Å². The topological polar surface area (TPSA) is 58.9 Å². The SMILES string of the molecule is OCC1(CO)COC(CCc2ccccc2)OC1. The molecule has 0 saturated carbocycles. The molecule has 100 valence electrons. The van der Waals surface area contributed by atoms with Gasteiger partial charge >= 0.3 is 0 Å². The minimum absolute atomic E-state index is 0.116. The lowest BCUT2D eigenvalue weighted by atomic mass is 9.91. The first-order valence-electron chi connectivity index (χ1n) is 6.27. The average Bonchev–Trinajstić information content (AvgIpc) is 2.47. The van der Waals surface area contributed by atoms with Crippen molar-refractivity contribution in [3.05, 3.63) is 35.9 Å². The van der Waals surface area contributed by atoms with Crippen LogP contribution in [0.15, 0.2) is 30.3 Å². The maximum atomic E-state index is 9.22. The van der Waals surface area contributed by atoms with Crippen LogP contribution in [0, 0.1) is 5.41 Å². The minimum Gasteiger partial charge on any atom is -0.396 e. The van der Waals surface area contributed by atoms with Crippen molar-refractivity contribution in [2.45, 2.75) is 19.1 Å². The third-order valence-electron chi connectivity index (χ3n) is 3.33. The second-order valence-corrected chi connectivity index (χ2v) is 4.89. The second-order valence-electron chi connectivity index (χ2n) is 4.89. The molecule has 0 aromatic heterocycles. The molecule has 0 radical (unpaired) electrons. The molecule has 1 aromatic carbocycles. The number of ether oxygens (including phenoxy) is 2. The van der Waals surface area contributed by atoms with Gasteiger partial charge < -0.3 is 19.7 Å². The highest BCUT2D eigenvalue weighted by atomic mass is 16.7. The minimum atomic E-state index is -0.636. The Morgan fingerprint density at radius 2 is 1.67 bits per heavy atom. The number of aliphatic hydroxyl groups excluding tert-OH is 2. The summed E-state index contributed by atoms with van der Waals surface area (Å²) in [6, 6.07) is 10.2. The predicted octanol–water partition coefficient (Wildman–Crippen LogP) is 0.963. The van der Waals surface area contributed by atoms with Crippen LogP contribution in [0.25, 0.3) is 0 Å². The number of hydrogen-bond donors (Lipinski definition) is 2. The largest absolute Gasteiger partial charge is 0.396 e. The molecule has 1 heterocycles. The van der Waals surface area contributed by atoms with E-state index in [4.69, 9.17) is 9.47 Å². The fourth-order valence-electron chi connectivity index (χ4n) is 1.96. The highest BCUT2D eigenvalue weighted by Gasteiger charge is 2.35. The molecule has 1 aliphatic rings. The Morgan fingerprint density at radius 3 is 2.22 bits per heavy atom. The molecule has 1 aliphatic heterocycles. The van der Waals surface area contributed by atoms with Crippen LogP contribution < -0.4 is 0 Å². The predicted molar refractivity (Wildman–Crippen MR) is 67.1 cm³/mol. The summed E-state index contributed by atoms with van der Waals surface area (Å²) in [5.41, 5.74) is 0.620. The molecule has 18 heavy (non-hydrogen) atoms. The summed E-state index contributed by atoms with van der Waals surface area (Å²) in [4.78, 5) is 0. The van der Waals surface area contributed by atoms with Crippen molar-refractivity contribution in [3.63, 3.8) is 0 Å². The molecule has 4 nitrogen and oxygen atoms in total. The Kier molecular flexibility index (Phi) is 4.72. The zero-order valence-corrected chi connectivity index (χ0v) is 10.4. The summed E-state index contributed by atoms with van der Waals surface area (Å²) < 4.78 is 11.1. The Bertz CT molecular complexity index is 338. The monoisotopic (exact) mass is 252 g/mol. The van der Waals surface area contributed by atoms with Gasteiger partial charge in [-0.2, -0.15) is 0 Å². The summed E-state index contributed by atoms with van der Waals surface area (Å²) in [6.45, 7) is 0.461. The van der Waals surface area contributed by atoms with Gasteiger partial charge in [-0.15, -0.1) is 0 Å². The van der Waals surface area contributed by atoms with Gasteiger partial charge in [-0.3, -0.25) is 0 Å². The highest BCUT2D eigenvalue weighted by Crippen LogP contribution is 2.25. The van der Waals surface area contributed by atoms with Crippen LogP contribution in [0.5, 0.6) is 0 Å². The molecule has 0 bridgehead atoms. The lowest BCUT2D eigenvalue weighted by Gasteiger charge is -2.37. The molecule has 2 N–H and O–H groups in total. The fraction of sp³-hybridized carbons (Fsp3) is 0.571. The van der Waals surface area contributed by atoms with Gasteiger partial charge in [-0.05, 0) is 12.0 Å². The van der Waals surface area contributed by atoms with E-state index in [1.54, 1.807) is 0 Å². The zero-order valence-electron chi connectivity index (χ0n) is 10.4. The van der Waals surface area contributed by atoms with Gasteiger partial charge in [0.2, 0.25) is 0 Å². The van der Waals surface area contributed by atoms with Crippen LogP contribution in [0.1, 0.15) is 12.0 Å². The molecule has 2 rings (SSSR count). The molecule has 4 heteroatoms. The van der Waals surface area contributed by atoms with Crippen LogP contribution in [0.2, 0.25) is 0 Å². The van der Waals surface area contributed by atoms with Crippen LogP contribution in [-0.4, -0.2) is 42.9 Å². The standard InChI is InChI=1S/C14H20O4/c15-8-14(9-16)10-17-13(18-11-14)7-6-12-4-2-1-3-5-12/h1-5,13,15-16H,6-11H2. The Labute approximate surface area is 107 Å². The van der Waals surface area contributed by atoms with E-state index in [9.17, 15) is 10.2 Å². The van der Waals surface area contributed by atoms with Crippen LogP contribution in [0.4, 0.5) is 0 Å². The van der Waals surface area contributed by atoms with E-state index in [1.165, 1.54) is 5.56 Å². The third kappa shape index (κ3) is 3.29.